The van der Waals surface area contributed by atoms with Crippen molar-refractivity contribution in [1.82, 2.24) is 4.72 Å². The van der Waals surface area contributed by atoms with Crippen LogP contribution in [0.25, 0.3) is 0 Å². The molecule has 9 heteroatoms. The van der Waals surface area contributed by atoms with Crippen LogP contribution in [-0.4, -0.2) is 37.0 Å². The molecule has 0 heterocycles. The van der Waals surface area contributed by atoms with Crippen molar-refractivity contribution in [3.63, 3.8) is 0 Å². The molecule has 0 saturated carbocycles. The number of carbonyl (C=O) groups is 1. The first-order chi connectivity index (χ1) is 7.52. The van der Waals surface area contributed by atoms with E-state index in [0.29, 0.717) is 13.3 Å². The maximum Gasteiger partial charge on any atom is 0.406 e. The normalized spacial score (nSPS) is 16.5. The zero-order chi connectivity index (χ0) is 13.9. The van der Waals surface area contributed by atoms with Crippen LogP contribution in [0, 0.1) is 0 Å². The molecule has 0 rings (SSSR count). The highest BCUT2D eigenvalue weighted by molar-refractivity contribution is 7.90. The van der Waals surface area contributed by atoms with Crippen LogP contribution in [0.15, 0.2) is 0 Å². The number of alkyl halides is 3. The first kappa shape index (κ1) is 16.2. The molecule has 0 bridgehead atoms. The summed E-state index contributed by atoms with van der Waals surface area (Å²) in [6.45, 7) is 2.06. The van der Waals surface area contributed by atoms with Crippen LogP contribution in [0.2, 0.25) is 0 Å². The van der Waals surface area contributed by atoms with E-state index >= 15 is 0 Å². The van der Waals surface area contributed by atoms with Gasteiger partial charge in [0.25, 0.3) is 0 Å². The van der Waals surface area contributed by atoms with E-state index in [0.717, 1.165) is 0 Å². The van der Waals surface area contributed by atoms with Gasteiger partial charge in [-0.2, -0.15) is 13.2 Å². The number of carboxylic acids is 1. The van der Waals surface area contributed by atoms with E-state index < -0.39 is 33.5 Å². The maximum atomic E-state index is 12.2. The summed E-state index contributed by atoms with van der Waals surface area (Å²) in [7, 11) is -4.74. The molecule has 0 aromatic rings. The van der Waals surface area contributed by atoms with Crippen LogP contribution in [-0.2, 0) is 14.8 Å². The summed E-state index contributed by atoms with van der Waals surface area (Å²) in [6, 6.07) is -1.53. The van der Waals surface area contributed by atoms with Gasteiger partial charge < -0.3 is 5.11 Å². The molecule has 0 radical (unpaired) electrons. The van der Waals surface area contributed by atoms with Gasteiger partial charge in [0.15, 0.2) is 5.25 Å². The minimum absolute atomic E-state index is 0.0703. The van der Waals surface area contributed by atoms with Crippen LogP contribution in [0.1, 0.15) is 26.7 Å². The van der Waals surface area contributed by atoms with Crippen LogP contribution in [0.4, 0.5) is 13.2 Å². The third kappa shape index (κ3) is 4.90. The zero-order valence-electron chi connectivity index (χ0n) is 9.28. The van der Waals surface area contributed by atoms with Gasteiger partial charge in [-0.3, -0.25) is 4.79 Å². The van der Waals surface area contributed by atoms with Gasteiger partial charge in [-0.1, -0.05) is 13.3 Å². The first-order valence-electron chi connectivity index (χ1n) is 4.83. The summed E-state index contributed by atoms with van der Waals surface area (Å²) in [5.41, 5.74) is 0. The molecule has 0 spiro atoms. The molecule has 2 N–H and O–H groups in total. The van der Waals surface area contributed by atoms with E-state index in [2.05, 4.69) is 0 Å². The molecule has 2 unspecified atom stereocenters. The maximum absolute atomic E-state index is 12.2. The first-order valence-corrected chi connectivity index (χ1v) is 6.37. The second-order valence-electron chi connectivity index (χ2n) is 3.53. The molecule has 0 amide bonds. The fourth-order valence-electron chi connectivity index (χ4n) is 0.998. The van der Waals surface area contributed by atoms with Gasteiger partial charge >= 0.3 is 12.1 Å². The molecule has 0 aliphatic rings. The summed E-state index contributed by atoms with van der Waals surface area (Å²) in [4.78, 5) is 10.6. The smallest absolute Gasteiger partial charge is 0.406 e. The number of rotatable bonds is 6. The number of halogens is 3. The summed E-state index contributed by atoms with van der Waals surface area (Å²) >= 11 is 0. The van der Waals surface area contributed by atoms with Crippen molar-refractivity contribution in [2.75, 3.05) is 0 Å². The van der Waals surface area contributed by atoms with Gasteiger partial charge in [0.1, 0.15) is 6.04 Å². The fraction of sp³-hybridized carbons (Fsp3) is 0.875. The number of aliphatic carboxylic acids is 1. The van der Waals surface area contributed by atoms with E-state index in [9.17, 15) is 26.4 Å². The fourth-order valence-corrected chi connectivity index (χ4v) is 2.17. The Morgan fingerprint density at radius 3 is 2.18 bits per heavy atom. The van der Waals surface area contributed by atoms with Crippen LogP contribution in [0.5, 0.6) is 0 Å². The van der Waals surface area contributed by atoms with Crippen molar-refractivity contribution in [2.45, 2.75) is 44.2 Å². The third-order valence-electron chi connectivity index (χ3n) is 2.11. The predicted octanol–water partition coefficient (Wildman–Crippen LogP) is 1.11. The molecule has 0 saturated heterocycles. The molecule has 0 aromatic heterocycles. The van der Waals surface area contributed by atoms with Crippen LogP contribution < -0.4 is 4.72 Å². The Morgan fingerprint density at radius 2 is 1.88 bits per heavy atom. The minimum Gasteiger partial charge on any atom is -0.480 e. The van der Waals surface area contributed by atoms with Crippen LogP contribution >= 0.6 is 0 Å². The largest absolute Gasteiger partial charge is 0.480 e. The Balaban J connectivity index is 4.91. The minimum atomic E-state index is -4.93. The number of carboxylic acid groups (broad SMARTS) is 1. The quantitative estimate of drug-likeness (QED) is 0.761. The zero-order valence-corrected chi connectivity index (χ0v) is 10.1. The lowest BCUT2D eigenvalue weighted by molar-refractivity contribution is -0.139. The molecule has 0 fully saturated rings. The molecule has 102 valence electrons. The molecule has 0 aromatic carbocycles. The topological polar surface area (TPSA) is 83.5 Å². The van der Waals surface area contributed by atoms with Crippen molar-refractivity contribution in [3.8, 4) is 0 Å². The predicted molar refractivity (Wildman–Crippen MR) is 53.9 cm³/mol. The van der Waals surface area contributed by atoms with E-state index in [1.54, 1.807) is 11.6 Å². The average Bonchev–Trinajstić information content (AvgIpc) is 2.14. The summed E-state index contributed by atoms with van der Waals surface area (Å²) in [5.74, 6) is -1.50. The van der Waals surface area contributed by atoms with Crippen molar-refractivity contribution >= 4 is 16.0 Å². The Morgan fingerprint density at radius 1 is 1.41 bits per heavy atom. The van der Waals surface area contributed by atoms with E-state index in [4.69, 9.17) is 5.11 Å². The molecule has 0 aliphatic heterocycles. The summed E-state index contributed by atoms with van der Waals surface area (Å²) in [6.07, 6.45) is -4.67. The van der Waals surface area contributed by atoms with E-state index in [1.165, 1.54) is 0 Å². The van der Waals surface area contributed by atoms with Gasteiger partial charge in [0.2, 0.25) is 10.0 Å². The Hall–Kier alpha value is -0.830. The van der Waals surface area contributed by atoms with Gasteiger partial charge in [-0.05, 0) is 13.3 Å². The number of hydrogen-bond donors (Lipinski definition) is 2. The average molecular weight is 277 g/mol. The lowest BCUT2D eigenvalue weighted by Gasteiger charge is -2.20. The summed E-state index contributed by atoms with van der Waals surface area (Å²) in [5, 5.41) is 6.00. The Kier molecular flexibility index (Phi) is 5.40. The number of hydrogen-bond acceptors (Lipinski definition) is 3. The molecular formula is C8H14F3NO4S. The lowest BCUT2D eigenvalue weighted by Crippen LogP contribution is -2.48. The highest BCUT2D eigenvalue weighted by atomic mass is 32.2. The standard InChI is InChI=1S/C8H14F3NO4S/c1-3-4-6(7(13)14)12-17(15,16)5(2)8(9,10)11/h5-6,12H,3-4H2,1-2H3,(H,13,14). The third-order valence-corrected chi connectivity index (χ3v) is 3.92. The molecule has 0 aliphatic carbocycles. The van der Waals surface area contributed by atoms with Gasteiger partial charge in [-0.15, -0.1) is 0 Å². The monoisotopic (exact) mass is 277 g/mol. The molecule has 2 atom stereocenters. The van der Waals surface area contributed by atoms with Crippen molar-refractivity contribution < 1.29 is 31.5 Å². The highest BCUT2D eigenvalue weighted by Gasteiger charge is 2.46. The number of nitrogens with one attached hydrogen (secondary N) is 1. The molecule has 17 heavy (non-hydrogen) atoms. The van der Waals surface area contributed by atoms with E-state index in [1.807, 2.05) is 0 Å². The molecule has 5 nitrogen and oxygen atoms in total. The number of sulfonamides is 1. The van der Waals surface area contributed by atoms with Gasteiger partial charge in [-0.25, -0.2) is 13.1 Å². The van der Waals surface area contributed by atoms with Gasteiger partial charge in [0.05, 0.1) is 0 Å². The van der Waals surface area contributed by atoms with Crippen LogP contribution in [0.3, 0.4) is 0 Å². The second kappa shape index (κ2) is 5.67. The Labute approximate surface area is 97.1 Å². The highest BCUT2D eigenvalue weighted by Crippen LogP contribution is 2.25. The Bertz CT molecular complexity index is 365. The SMILES string of the molecule is CCCC(NS(=O)(=O)C(C)C(F)(F)F)C(=O)O. The van der Waals surface area contributed by atoms with Gasteiger partial charge in [0, 0.05) is 0 Å². The second-order valence-corrected chi connectivity index (χ2v) is 5.56. The van der Waals surface area contributed by atoms with Crippen molar-refractivity contribution in [2.24, 2.45) is 0 Å². The molecular weight excluding hydrogens is 263 g/mol. The van der Waals surface area contributed by atoms with E-state index in [-0.39, 0.29) is 6.42 Å². The van der Waals surface area contributed by atoms with Crippen molar-refractivity contribution in [3.05, 3.63) is 0 Å². The summed E-state index contributed by atoms with van der Waals surface area (Å²) < 4.78 is 60.7. The van der Waals surface area contributed by atoms with Crippen molar-refractivity contribution in [1.29, 1.82) is 0 Å². The lowest BCUT2D eigenvalue weighted by atomic mass is 10.2.